The minimum atomic E-state index is -0.407. The molecule has 0 bridgehead atoms. The van der Waals surface area contributed by atoms with Crippen LogP contribution in [0.4, 0.5) is 4.39 Å². The normalized spacial score (nSPS) is 12.8. The number of para-hydroxylation sites is 1. The Morgan fingerprint density at radius 1 is 1.15 bits per heavy atom. The first kappa shape index (κ1) is 13.2. The Balaban J connectivity index is 1.88. The van der Waals surface area contributed by atoms with Crippen molar-refractivity contribution in [2.45, 2.75) is 12.5 Å². The molecule has 1 aromatic heterocycles. The molecule has 0 saturated heterocycles. The number of rotatable bonds is 3. The lowest BCUT2D eigenvalue weighted by molar-refractivity contribution is 0.487. The molecule has 2 N–H and O–H groups in total. The Morgan fingerprint density at radius 3 is 2.75 bits per heavy atom. The Labute approximate surface area is 121 Å². The highest BCUT2D eigenvalue weighted by Gasteiger charge is 2.15. The van der Waals surface area contributed by atoms with E-state index in [1.807, 2.05) is 30.3 Å². The topological polar surface area (TPSA) is 39.2 Å². The van der Waals surface area contributed by atoms with Crippen molar-refractivity contribution >= 4 is 22.6 Å². The number of benzene rings is 2. The lowest BCUT2D eigenvalue weighted by atomic mass is 10.0. The van der Waals surface area contributed by atoms with E-state index in [0.717, 1.165) is 11.0 Å². The fourth-order valence-electron chi connectivity index (χ4n) is 2.22. The summed E-state index contributed by atoms with van der Waals surface area (Å²) in [6.45, 7) is 0. The van der Waals surface area contributed by atoms with Crippen LogP contribution in [0.1, 0.15) is 17.4 Å². The molecule has 0 spiro atoms. The van der Waals surface area contributed by atoms with Crippen LogP contribution in [0.15, 0.2) is 52.9 Å². The Bertz CT molecular complexity index is 720. The van der Waals surface area contributed by atoms with E-state index in [1.54, 1.807) is 6.07 Å². The first-order chi connectivity index (χ1) is 9.63. The molecule has 3 rings (SSSR count). The van der Waals surface area contributed by atoms with Gasteiger partial charge in [0.1, 0.15) is 17.2 Å². The molecule has 4 heteroatoms. The van der Waals surface area contributed by atoms with Crippen LogP contribution in [0.3, 0.4) is 0 Å². The third-order valence-corrected chi connectivity index (χ3v) is 3.49. The molecule has 0 aliphatic heterocycles. The van der Waals surface area contributed by atoms with Crippen molar-refractivity contribution in [3.8, 4) is 0 Å². The zero-order chi connectivity index (χ0) is 14.1. The quantitative estimate of drug-likeness (QED) is 0.773. The lowest BCUT2D eigenvalue weighted by Crippen LogP contribution is -2.13. The van der Waals surface area contributed by atoms with Crippen LogP contribution in [-0.2, 0) is 6.42 Å². The molecule has 1 atom stereocenters. The molecule has 0 aliphatic carbocycles. The summed E-state index contributed by atoms with van der Waals surface area (Å²) < 4.78 is 19.4. The molecule has 20 heavy (non-hydrogen) atoms. The smallest absolute Gasteiger partial charge is 0.134 e. The van der Waals surface area contributed by atoms with Crippen molar-refractivity contribution in [1.82, 2.24) is 0 Å². The summed E-state index contributed by atoms with van der Waals surface area (Å²) in [5.74, 6) is 0.339. The number of hydrogen-bond donors (Lipinski definition) is 1. The van der Waals surface area contributed by atoms with Gasteiger partial charge in [-0.2, -0.15) is 0 Å². The number of nitrogens with two attached hydrogens (primary N) is 1. The molecule has 0 radical (unpaired) electrons. The number of furan rings is 1. The zero-order valence-corrected chi connectivity index (χ0v) is 11.4. The molecule has 1 heterocycles. The summed E-state index contributed by atoms with van der Waals surface area (Å²) in [4.78, 5) is 0. The van der Waals surface area contributed by atoms with Gasteiger partial charge < -0.3 is 10.2 Å². The fraction of sp³-hybridized carbons (Fsp3) is 0.125. The molecule has 0 aliphatic rings. The summed E-state index contributed by atoms with van der Waals surface area (Å²) in [5.41, 5.74) is 7.38. The molecule has 1 unspecified atom stereocenters. The predicted molar refractivity (Wildman–Crippen MR) is 78.3 cm³/mol. The Kier molecular flexibility index (Phi) is 3.47. The second-order valence-electron chi connectivity index (χ2n) is 4.73. The van der Waals surface area contributed by atoms with Crippen molar-refractivity contribution in [2.24, 2.45) is 5.73 Å². The Hall–Kier alpha value is -1.84. The van der Waals surface area contributed by atoms with Crippen LogP contribution < -0.4 is 5.73 Å². The molecule has 102 valence electrons. The van der Waals surface area contributed by atoms with Gasteiger partial charge in [0.25, 0.3) is 0 Å². The fourth-order valence-corrected chi connectivity index (χ4v) is 2.42. The van der Waals surface area contributed by atoms with Crippen molar-refractivity contribution in [2.75, 3.05) is 0 Å². The zero-order valence-electron chi connectivity index (χ0n) is 10.6. The van der Waals surface area contributed by atoms with E-state index in [4.69, 9.17) is 21.8 Å². The van der Waals surface area contributed by atoms with Gasteiger partial charge in [0.15, 0.2) is 0 Å². The molecule has 0 fully saturated rings. The Morgan fingerprint density at radius 2 is 1.95 bits per heavy atom. The van der Waals surface area contributed by atoms with E-state index >= 15 is 0 Å². The first-order valence-corrected chi connectivity index (χ1v) is 6.69. The first-order valence-electron chi connectivity index (χ1n) is 6.31. The summed E-state index contributed by atoms with van der Waals surface area (Å²) >= 11 is 5.88. The van der Waals surface area contributed by atoms with Crippen molar-refractivity contribution in [3.63, 3.8) is 0 Å². The van der Waals surface area contributed by atoms with E-state index in [-0.39, 0.29) is 5.82 Å². The summed E-state index contributed by atoms with van der Waals surface area (Å²) in [6, 6.07) is 13.6. The van der Waals surface area contributed by atoms with E-state index in [9.17, 15) is 4.39 Å². The van der Waals surface area contributed by atoms with Crippen molar-refractivity contribution in [3.05, 3.63) is 70.7 Å². The standard InChI is InChI=1S/C16H13ClFNO/c17-12-5-6-13(18)11(7-12)8-14(19)16-9-10-3-1-2-4-15(10)20-16/h1-7,9,14H,8,19H2. The second-order valence-corrected chi connectivity index (χ2v) is 5.17. The van der Waals surface area contributed by atoms with Crippen LogP contribution in [-0.4, -0.2) is 0 Å². The van der Waals surface area contributed by atoms with Crippen LogP contribution in [0.2, 0.25) is 5.02 Å². The molecule has 2 nitrogen and oxygen atoms in total. The van der Waals surface area contributed by atoms with E-state index in [0.29, 0.717) is 22.8 Å². The van der Waals surface area contributed by atoms with Crippen LogP contribution >= 0.6 is 11.6 Å². The number of hydrogen-bond acceptors (Lipinski definition) is 2. The lowest BCUT2D eigenvalue weighted by Gasteiger charge is -2.09. The minimum Gasteiger partial charge on any atom is -0.459 e. The van der Waals surface area contributed by atoms with Crippen LogP contribution in [0.25, 0.3) is 11.0 Å². The summed E-state index contributed by atoms with van der Waals surface area (Å²) in [7, 11) is 0. The number of fused-ring (bicyclic) bond motifs is 1. The van der Waals surface area contributed by atoms with Gasteiger partial charge in [-0.3, -0.25) is 0 Å². The van der Waals surface area contributed by atoms with Gasteiger partial charge in [-0.1, -0.05) is 29.8 Å². The van der Waals surface area contributed by atoms with Crippen molar-refractivity contribution in [1.29, 1.82) is 0 Å². The average Bonchev–Trinajstić information content (AvgIpc) is 2.87. The van der Waals surface area contributed by atoms with E-state index in [1.165, 1.54) is 12.1 Å². The predicted octanol–water partition coefficient (Wildman–Crippen LogP) is 4.47. The van der Waals surface area contributed by atoms with Crippen LogP contribution in [0, 0.1) is 5.82 Å². The van der Waals surface area contributed by atoms with Gasteiger partial charge in [-0.05, 0) is 42.3 Å². The maximum Gasteiger partial charge on any atom is 0.134 e. The maximum atomic E-state index is 13.7. The van der Waals surface area contributed by atoms with E-state index in [2.05, 4.69) is 0 Å². The molecule has 3 aromatic rings. The second kappa shape index (κ2) is 5.27. The van der Waals surface area contributed by atoms with Gasteiger partial charge in [-0.15, -0.1) is 0 Å². The highest BCUT2D eigenvalue weighted by atomic mass is 35.5. The molecule has 0 saturated carbocycles. The number of halogens is 2. The highest BCUT2D eigenvalue weighted by Crippen LogP contribution is 2.26. The van der Waals surface area contributed by atoms with Gasteiger partial charge in [0, 0.05) is 10.4 Å². The largest absolute Gasteiger partial charge is 0.459 e. The van der Waals surface area contributed by atoms with Crippen LogP contribution in [0.5, 0.6) is 0 Å². The van der Waals surface area contributed by atoms with E-state index < -0.39 is 6.04 Å². The molecule has 2 aromatic carbocycles. The highest BCUT2D eigenvalue weighted by molar-refractivity contribution is 6.30. The van der Waals surface area contributed by atoms with Gasteiger partial charge in [-0.25, -0.2) is 4.39 Å². The van der Waals surface area contributed by atoms with Gasteiger partial charge in [0.05, 0.1) is 6.04 Å². The maximum absolute atomic E-state index is 13.7. The monoisotopic (exact) mass is 289 g/mol. The SMILES string of the molecule is NC(Cc1cc(Cl)ccc1F)c1cc2ccccc2o1. The molecular weight excluding hydrogens is 277 g/mol. The summed E-state index contributed by atoms with van der Waals surface area (Å²) in [5, 5.41) is 1.49. The summed E-state index contributed by atoms with van der Waals surface area (Å²) in [6.07, 6.45) is 0.339. The average molecular weight is 290 g/mol. The third-order valence-electron chi connectivity index (χ3n) is 3.26. The van der Waals surface area contributed by atoms with Gasteiger partial charge >= 0.3 is 0 Å². The third kappa shape index (κ3) is 2.55. The minimum absolute atomic E-state index is 0.305. The van der Waals surface area contributed by atoms with Crippen molar-refractivity contribution < 1.29 is 8.81 Å². The molecule has 0 amide bonds. The molecular formula is C16H13ClFNO. The van der Waals surface area contributed by atoms with Gasteiger partial charge in [0.2, 0.25) is 0 Å².